The minimum atomic E-state index is 0.612. The molecular formula is C17H15NO. The molecule has 0 saturated heterocycles. The minimum absolute atomic E-state index is 0.612. The number of benzene rings is 2. The molecule has 19 heavy (non-hydrogen) atoms. The van der Waals surface area contributed by atoms with E-state index in [9.17, 15) is 0 Å². The summed E-state index contributed by atoms with van der Waals surface area (Å²) in [6.45, 7) is 2.54. The molecule has 0 aliphatic rings. The standard InChI is InChI=1S/C17H15NO/c1-2-19-14-18-17-11-7-6-10-16(17)13-12-15-8-4-3-5-9-15/h3-11,14H,2H2,1H3. The van der Waals surface area contributed by atoms with E-state index in [4.69, 9.17) is 4.74 Å². The molecule has 2 nitrogen and oxygen atoms in total. The number of hydrogen-bond acceptors (Lipinski definition) is 2. The zero-order chi connectivity index (χ0) is 13.3. The molecule has 0 amide bonds. The fourth-order valence-electron chi connectivity index (χ4n) is 1.52. The first-order valence-electron chi connectivity index (χ1n) is 6.20. The minimum Gasteiger partial charge on any atom is -0.483 e. The van der Waals surface area contributed by atoms with E-state index in [1.165, 1.54) is 6.40 Å². The van der Waals surface area contributed by atoms with Crippen molar-refractivity contribution in [2.75, 3.05) is 6.61 Å². The highest BCUT2D eigenvalue weighted by atomic mass is 16.5. The van der Waals surface area contributed by atoms with Crippen LogP contribution in [0.2, 0.25) is 0 Å². The second-order valence-corrected chi connectivity index (χ2v) is 3.82. The van der Waals surface area contributed by atoms with Gasteiger partial charge in [-0.1, -0.05) is 42.2 Å². The lowest BCUT2D eigenvalue weighted by Gasteiger charge is -1.97. The van der Waals surface area contributed by atoms with Crippen LogP contribution in [-0.4, -0.2) is 13.0 Å². The van der Waals surface area contributed by atoms with Crippen molar-refractivity contribution in [1.82, 2.24) is 0 Å². The molecule has 2 heteroatoms. The Hall–Kier alpha value is -2.53. The van der Waals surface area contributed by atoms with Gasteiger partial charge in [0, 0.05) is 5.56 Å². The molecule has 0 aliphatic heterocycles. The SMILES string of the molecule is CCOC=Nc1ccccc1C#Cc1ccccc1. The summed E-state index contributed by atoms with van der Waals surface area (Å²) < 4.78 is 5.12. The van der Waals surface area contributed by atoms with Crippen LogP contribution in [0.25, 0.3) is 0 Å². The molecule has 0 saturated carbocycles. The van der Waals surface area contributed by atoms with Crippen molar-refractivity contribution in [1.29, 1.82) is 0 Å². The highest BCUT2D eigenvalue weighted by Crippen LogP contribution is 2.17. The van der Waals surface area contributed by atoms with Crippen molar-refractivity contribution in [3.8, 4) is 11.8 Å². The topological polar surface area (TPSA) is 21.6 Å². The molecule has 2 aromatic carbocycles. The molecule has 0 aromatic heterocycles. The molecular weight excluding hydrogens is 234 g/mol. The molecule has 0 N–H and O–H groups in total. The van der Waals surface area contributed by atoms with Gasteiger partial charge in [0.05, 0.1) is 17.9 Å². The zero-order valence-electron chi connectivity index (χ0n) is 10.8. The Morgan fingerprint density at radius 2 is 1.74 bits per heavy atom. The maximum Gasteiger partial charge on any atom is 0.174 e. The monoisotopic (exact) mass is 249 g/mol. The molecule has 94 valence electrons. The average molecular weight is 249 g/mol. The Morgan fingerprint density at radius 1 is 1.00 bits per heavy atom. The van der Waals surface area contributed by atoms with Gasteiger partial charge in [-0.15, -0.1) is 0 Å². The van der Waals surface area contributed by atoms with Gasteiger partial charge >= 0.3 is 0 Å². The first kappa shape index (κ1) is 12.9. The van der Waals surface area contributed by atoms with Gasteiger partial charge < -0.3 is 4.74 Å². The third-order valence-electron chi connectivity index (χ3n) is 2.45. The first-order valence-corrected chi connectivity index (χ1v) is 6.20. The zero-order valence-corrected chi connectivity index (χ0v) is 10.8. The van der Waals surface area contributed by atoms with E-state index in [-0.39, 0.29) is 0 Å². The Morgan fingerprint density at radius 3 is 2.53 bits per heavy atom. The molecule has 0 unspecified atom stereocenters. The predicted molar refractivity (Wildman–Crippen MR) is 78.6 cm³/mol. The second-order valence-electron chi connectivity index (χ2n) is 3.82. The van der Waals surface area contributed by atoms with Crippen molar-refractivity contribution < 1.29 is 4.74 Å². The largest absolute Gasteiger partial charge is 0.483 e. The van der Waals surface area contributed by atoms with Gasteiger partial charge in [-0.05, 0) is 31.2 Å². The first-order chi connectivity index (χ1) is 9.40. The van der Waals surface area contributed by atoms with E-state index >= 15 is 0 Å². The summed E-state index contributed by atoms with van der Waals surface area (Å²) in [7, 11) is 0. The molecule has 0 spiro atoms. The maximum atomic E-state index is 5.12. The van der Waals surface area contributed by atoms with Gasteiger partial charge in [-0.2, -0.15) is 0 Å². The van der Waals surface area contributed by atoms with Crippen LogP contribution < -0.4 is 0 Å². The van der Waals surface area contributed by atoms with Crippen molar-refractivity contribution in [2.24, 2.45) is 4.99 Å². The summed E-state index contributed by atoms with van der Waals surface area (Å²) in [5.41, 5.74) is 2.70. The van der Waals surface area contributed by atoms with Gasteiger partial charge in [0.2, 0.25) is 0 Å². The summed E-state index contributed by atoms with van der Waals surface area (Å²) in [6, 6.07) is 17.7. The number of hydrogen-bond donors (Lipinski definition) is 0. The van der Waals surface area contributed by atoms with Crippen molar-refractivity contribution in [3.63, 3.8) is 0 Å². The van der Waals surface area contributed by atoms with Crippen LogP contribution in [0, 0.1) is 11.8 Å². The van der Waals surface area contributed by atoms with Gasteiger partial charge in [-0.3, -0.25) is 0 Å². The van der Waals surface area contributed by atoms with Crippen molar-refractivity contribution in [2.45, 2.75) is 6.92 Å². The summed E-state index contributed by atoms with van der Waals surface area (Å²) in [6.07, 6.45) is 1.46. The second kappa shape index (κ2) is 7.03. The third kappa shape index (κ3) is 4.01. The average Bonchev–Trinajstić information content (AvgIpc) is 2.48. The molecule has 0 heterocycles. The Bertz CT molecular complexity index is 606. The molecule has 0 fully saturated rings. The van der Waals surface area contributed by atoms with Crippen LogP contribution in [0.5, 0.6) is 0 Å². The Balaban J connectivity index is 2.23. The molecule has 0 aliphatic carbocycles. The van der Waals surface area contributed by atoms with Gasteiger partial charge in [0.1, 0.15) is 0 Å². The quantitative estimate of drug-likeness (QED) is 0.461. The van der Waals surface area contributed by atoms with E-state index in [2.05, 4.69) is 16.8 Å². The van der Waals surface area contributed by atoms with Crippen LogP contribution in [-0.2, 0) is 4.74 Å². The van der Waals surface area contributed by atoms with E-state index in [1.807, 2.05) is 61.5 Å². The molecule has 0 bridgehead atoms. The van der Waals surface area contributed by atoms with E-state index in [0.29, 0.717) is 6.61 Å². The summed E-state index contributed by atoms with van der Waals surface area (Å²) in [5, 5.41) is 0. The highest BCUT2D eigenvalue weighted by Gasteiger charge is 1.95. The van der Waals surface area contributed by atoms with Gasteiger partial charge in [0.25, 0.3) is 0 Å². The lowest BCUT2D eigenvalue weighted by molar-refractivity contribution is 0.344. The van der Waals surface area contributed by atoms with Crippen LogP contribution in [0.4, 0.5) is 5.69 Å². The van der Waals surface area contributed by atoms with E-state index < -0.39 is 0 Å². The number of ether oxygens (including phenoxy) is 1. The molecule has 0 radical (unpaired) electrons. The van der Waals surface area contributed by atoms with Gasteiger partial charge in [-0.25, -0.2) is 4.99 Å². The fourth-order valence-corrected chi connectivity index (χ4v) is 1.52. The van der Waals surface area contributed by atoms with Crippen LogP contribution in [0.1, 0.15) is 18.1 Å². The Labute approximate surface area is 113 Å². The predicted octanol–water partition coefficient (Wildman–Crippen LogP) is 3.78. The number of nitrogens with zero attached hydrogens (tertiary/aromatic N) is 1. The van der Waals surface area contributed by atoms with Crippen LogP contribution >= 0.6 is 0 Å². The van der Waals surface area contributed by atoms with Crippen molar-refractivity contribution >= 4 is 12.1 Å². The maximum absolute atomic E-state index is 5.12. The van der Waals surface area contributed by atoms with E-state index in [1.54, 1.807) is 0 Å². The van der Waals surface area contributed by atoms with Gasteiger partial charge in [0.15, 0.2) is 6.40 Å². The Kier molecular flexibility index (Phi) is 4.78. The number of para-hydroxylation sites is 1. The highest BCUT2D eigenvalue weighted by molar-refractivity contribution is 5.63. The summed E-state index contributed by atoms with van der Waals surface area (Å²) >= 11 is 0. The lowest BCUT2D eigenvalue weighted by atomic mass is 10.1. The van der Waals surface area contributed by atoms with Crippen LogP contribution in [0.3, 0.4) is 0 Å². The number of aliphatic imine (C=N–C) groups is 1. The molecule has 2 aromatic rings. The molecule has 0 atom stereocenters. The van der Waals surface area contributed by atoms with Crippen molar-refractivity contribution in [3.05, 3.63) is 65.7 Å². The van der Waals surface area contributed by atoms with Crippen LogP contribution in [0.15, 0.2) is 59.6 Å². The third-order valence-corrected chi connectivity index (χ3v) is 2.45. The fraction of sp³-hybridized carbons (Fsp3) is 0.118. The van der Waals surface area contributed by atoms with E-state index in [0.717, 1.165) is 16.8 Å². The molecule has 2 rings (SSSR count). The summed E-state index contributed by atoms with van der Waals surface area (Å²) in [4.78, 5) is 4.26. The number of rotatable bonds is 3. The summed E-state index contributed by atoms with van der Waals surface area (Å²) in [5.74, 6) is 6.26. The smallest absolute Gasteiger partial charge is 0.174 e. The lowest BCUT2D eigenvalue weighted by Crippen LogP contribution is -1.85. The normalized spacial score (nSPS) is 9.95.